The first-order chi connectivity index (χ1) is 13.2. The number of aliphatic hydroxyl groups is 5. The lowest BCUT2D eigenvalue weighted by Crippen LogP contribution is -2.60. The van der Waals surface area contributed by atoms with Crippen LogP contribution in [0.4, 0.5) is 0 Å². The zero-order chi connectivity index (χ0) is 20.3. The Morgan fingerprint density at radius 1 is 0.964 bits per heavy atom. The number of fused-ring (bicyclic) bond motifs is 3. The molecule has 2 aliphatic rings. The van der Waals surface area contributed by atoms with E-state index in [1.807, 2.05) is 44.2 Å². The van der Waals surface area contributed by atoms with Gasteiger partial charge >= 0.3 is 0 Å². The highest BCUT2D eigenvalue weighted by atomic mass is 16.5. The molecular weight excluding hydrogens is 360 g/mol. The van der Waals surface area contributed by atoms with Crippen LogP contribution in [0.1, 0.15) is 33.4 Å². The third-order valence-electron chi connectivity index (χ3n) is 6.24. The quantitative estimate of drug-likeness (QED) is 0.525. The highest BCUT2D eigenvalue weighted by Gasteiger charge is 2.66. The van der Waals surface area contributed by atoms with Crippen molar-refractivity contribution in [1.82, 2.24) is 0 Å². The SMILES string of the molecule is Cc1ccc2c(c1)C1(Cc3ccc(C)cc3[C@@]1(O)[C@@H](O)[C@H](O)[C@H](O)CO)OC2. The first-order valence-electron chi connectivity index (χ1n) is 9.46. The molecule has 4 rings (SSSR count). The lowest BCUT2D eigenvalue weighted by molar-refractivity contribution is -0.251. The zero-order valence-electron chi connectivity index (χ0n) is 16.0. The van der Waals surface area contributed by atoms with E-state index in [4.69, 9.17) is 4.74 Å². The van der Waals surface area contributed by atoms with Crippen LogP contribution in [0.2, 0.25) is 0 Å². The molecule has 0 saturated heterocycles. The molecule has 1 unspecified atom stereocenters. The molecule has 0 amide bonds. The molecule has 2 aromatic rings. The predicted molar refractivity (Wildman–Crippen MR) is 102 cm³/mol. The van der Waals surface area contributed by atoms with Gasteiger partial charge in [-0.2, -0.15) is 0 Å². The Hall–Kier alpha value is -1.80. The molecule has 1 spiro atoms. The Labute approximate surface area is 163 Å². The molecular formula is C22H26O6. The van der Waals surface area contributed by atoms with E-state index in [1.165, 1.54) is 0 Å². The summed E-state index contributed by atoms with van der Waals surface area (Å²) in [5.41, 5.74) is 1.56. The van der Waals surface area contributed by atoms with E-state index >= 15 is 0 Å². The minimum Gasteiger partial charge on any atom is -0.394 e. The third-order valence-corrected chi connectivity index (χ3v) is 6.24. The molecule has 0 aromatic heterocycles. The van der Waals surface area contributed by atoms with Gasteiger partial charge in [0.05, 0.1) is 13.2 Å². The van der Waals surface area contributed by atoms with Crippen LogP contribution in [-0.4, -0.2) is 50.5 Å². The number of aliphatic hydroxyl groups excluding tert-OH is 4. The van der Waals surface area contributed by atoms with E-state index in [9.17, 15) is 25.5 Å². The van der Waals surface area contributed by atoms with Gasteiger partial charge in [0.15, 0.2) is 5.60 Å². The molecule has 0 radical (unpaired) electrons. The number of rotatable bonds is 4. The van der Waals surface area contributed by atoms with Crippen molar-refractivity contribution >= 4 is 0 Å². The highest BCUT2D eigenvalue weighted by molar-refractivity contribution is 5.53. The fourth-order valence-corrected chi connectivity index (χ4v) is 4.72. The van der Waals surface area contributed by atoms with Crippen LogP contribution in [0.3, 0.4) is 0 Å². The van der Waals surface area contributed by atoms with E-state index in [2.05, 4.69) is 0 Å². The second-order valence-electron chi connectivity index (χ2n) is 8.07. The number of aryl methyl sites for hydroxylation is 2. The molecule has 0 saturated carbocycles. The lowest BCUT2D eigenvalue weighted by Gasteiger charge is -2.45. The average molecular weight is 386 g/mol. The van der Waals surface area contributed by atoms with Crippen LogP contribution in [0.5, 0.6) is 0 Å². The Kier molecular flexibility index (Phi) is 4.62. The van der Waals surface area contributed by atoms with Crippen molar-refractivity contribution in [2.75, 3.05) is 6.61 Å². The summed E-state index contributed by atoms with van der Waals surface area (Å²) in [7, 11) is 0. The third kappa shape index (κ3) is 2.50. The summed E-state index contributed by atoms with van der Waals surface area (Å²) in [5, 5.41) is 52.7. The average Bonchev–Trinajstić information content (AvgIpc) is 3.17. The molecule has 1 aliphatic carbocycles. The molecule has 6 heteroatoms. The number of benzene rings is 2. The maximum absolute atomic E-state index is 12.0. The van der Waals surface area contributed by atoms with Crippen molar-refractivity contribution in [3.8, 4) is 0 Å². The van der Waals surface area contributed by atoms with Gasteiger partial charge in [0.2, 0.25) is 0 Å². The van der Waals surface area contributed by atoms with Crippen molar-refractivity contribution in [3.05, 3.63) is 69.8 Å². The van der Waals surface area contributed by atoms with Gasteiger partial charge < -0.3 is 30.3 Å². The minimum atomic E-state index is -2.00. The zero-order valence-corrected chi connectivity index (χ0v) is 16.0. The fourth-order valence-electron chi connectivity index (χ4n) is 4.72. The van der Waals surface area contributed by atoms with E-state index in [0.29, 0.717) is 12.0 Å². The fraction of sp³-hybridized carbons (Fsp3) is 0.455. The number of hydrogen-bond donors (Lipinski definition) is 5. The number of hydrogen-bond acceptors (Lipinski definition) is 6. The first kappa shape index (κ1) is 19.5. The molecule has 150 valence electrons. The van der Waals surface area contributed by atoms with Crippen molar-refractivity contribution in [1.29, 1.82) is 0 Å². The van der Waals surface area contributed by atoms with Gasteiger partial charge in [-0.15, -0.1) is 0 Å². The maximum atomic E-state index is 12.0. The van der Waals surface area contributed by atoms with Crippen molar-refractivity contribution in [2.45, 2.75) is 56.4 Å². The van der Waals surface area contributed by atoms with Gasteiger partial charge in [0, 0.05) is 6.42 Å². The molecule has 0 bridgehead atoms. The standard InChI is InChI=1S/C22H26O6/c1-12-4-6-15-11-28-21(16(15)7-12)9-14-5-3-13(2)8-17(14)22(21,27)20(26)19(25)18(24)10-23/h3-8,18-20,23-27H,9-11H2,1-2H3/t18-,19-,20+,21?,22-/m1/s1. The topological polar surface area (TPSA) is 110 Å². The van der Waals surface area contributed by atoms with E-state index < -0.39 is 36.1 Å². The number of ether oxygens (including phenoxy) is 1. The van der Waals surface area contributed by atoms with Gasteiger partial charge in [-0.3, -0.25) is 0 Å². The molecule has 5 N–H and O–H groups in total. The van der Waals surface area contributed by atoms with Gasteiger partial charge in [-0.1, -0.05) is 47.5 Å². The van der Waals surface area contributed by atoms with Gasteiger partial charge in [0.25, 0.3) is 0 Å². The van der Waals surface area contributed by atoms with E-state index in [0.717, 1.165) is 27.8 Å². The summed E-state index contributed by atoms with van der Waals surface area (Å²) in [5.74, 6) is 0. The predicted octanol–water partition coefficient (Wildman–Crippen LogP) is 0.548. The minimum absolute atomic E-state index is 0.274. The van der Waals surface area contributed by atoms with Crippen LogP contribution < -0.4 is 0 Å². The van der Waals surface area contributed by atoms with Crippen molar-refractivity contribution in [2.24, 2.45) is 0 Å². The van der Waals surface area contributed by atoms with Crippen LogP contribution in [-0.2, 0) is 29.0 Å². The monoisotopic (exact) mass is 386 g/mol. The van der Waals surface area contributed by atoms with Crippen molar-refractivity contribution in [3.63, 3.8) is 0 Å². The summed E-state index contributed by atoms with van der Waals surface area (Å²) in [4.78, 5) is 0. The van der Waals surface area contributed by atoms with Crippen LogP contribution in [0, 0.1) is 13.8 Å². The summed E-state index contributed by atoms with van der Waals surface area (Å²) in [6, 6.07) is 11.4. The second-order valence-corrected chi connectivity index (χ2v) is 8.07. The summed E-state index contributed by atoms with van der Waals surface area (Å²) in [6.07, 6.45) is -4.79. The van der Waals surface area contributed by atoms with E-state index in [-0.39, 0.29) is 6.61 Å². The highest BCUT2D eigenvalue weighted by Crippen LogP contribution is 2.58. The summed E-state index contributed by atoms with van der Waals surface area (Å²) < 4.78 is 6.18. The normalized spacial score (nSPS) is 28.8. The molecule has 2 aromatic carbocycles. The van der Waals surface area contributed by atoms with Gasteiger partial charge in [-0.05, 0) is 36.1 Å². The van der Waals surface area contributed by atoms with E-state index in [1.54, 1.807) is 6.07 Å². The largest absolute Gasteiger partial charge is 0.394 e. The summed E-state index contributed by atoms with van der Waals surface area (Å²) >= 11 is 0. The van der Waals surface area contributed by atoms with Gasteiger partial charge in [-0.25, -0.2) is 0 Å². The van der Waals surface area contributed by atoms with Crippen LogP contribution in [0.25, 0.3) is 0 Å². The Morgan fingerprint density at radius 3 is 2.21 bits per heavy atom. The molecule has 0 fully saturated rings. The van der Waals surface area contributed by atoms with Crippen LogP contribution in [0.15, 0.2) is 36.4 Å². The van der Waals surface area contributed by atoms with Crippen molar-refractivity contribution < 1.29 is 30.3 Å². The Morgan fingerprint density at radius 2 is 1.57 bits per heavy atom. The summed E-state index contributed by atoms with van der Waals surface area (Å²) in [6.45, 7) is 3.36. The van der Waals surface area contributed by atoms with Gasteiger partial charge in [0.1, 0.15) is 23.9 Å². The Balaban J connectivity index is 1.95. The smallest absolute Gasteiger partial charge is 0.152 e. The molecule has 6 nitrogen and oxygen atoms in total. The Bertz CT molecular complexity index is 912. The lowest BCUT2D eigenvalue weighted by atomic mass is 9.72. The molecule has 28 heavy (non-hydrogen) atoms. The molecule has 1 aliphatic heterocycles. The van der Waals surface area contributed by atoms with Crippen LogP contribution >= 0.6 is 0 Å². The molecule has 1 heterocycles. The first-order valence-corrected chi connectivity index (χ1v) is 9.46. The molecule has 5 atom stereocenters. The second kappa shape index (κ2) is 6.62. The maximum Gasteiger partial charge on any atom is 0.152 e.